The molecule has 1 saturated carbocycles. The number of aromatic nitrogens is 1. The number of hydrogen-bond donors (Lipinski definition) is 1. The summed E-state index contributed by atoms with van der Waals surface area (Å²) in [5.41, 5.74) is 4.75. The Bertz CT molecular complexity index is 991. The van der Waals surface area contributed by atoms with Crippen LogP contribution in [-0.4, -0.2) is 34.2 Å². The number of thiazole rings is 1. The van der Waals surface area contributed by atoms with E-state index in [9.17, 15) is 14.4 Å². The van der Waals surface area contributed by atoms with Crippen LogP contribution in [0.3, 0.4) is 0 Å². The summed E-state index contributed by atoms with van der Waals surface area (Å²) in [4.78, 5) is 43.3. The van der Waals surface area contributed by atoms with Gasteiger partial charge in [-0.2, -0.15) is 0 Å². The minimum atomic E-state index is -0.222. The molecule has 30 heavy (non-hydrogen) atoms. The fraction of sp³-hybridized carbons (Fsp3) is 0.478. The molecule has 0 radical (unpaired) electrons. The Morgan fingerprint density at radius 3 is 2.57 bits per heavy atom. The average molecular weight is 424 g/mol. The Morgan fingerprint density at radius 1 is 1.07 bits per heavy atom. The topological polar surface area (TPSA) is 79.4 Å². The number of carbonyl (C=O) groups is 3. The lowest BCUT2D eigenvalue weighted by atomic mass is 9.81. The highest BCUT2D eigenvalue weighted by atomic mass is 32.1. The fourth-order valence-electron chi connectivity index (χ4n) is 5.04. The molecule has 2 atom stereocenters. The van der Waals surface area contributed by atoms with Crippen LogP contribution in [0.4, 0.5) is 5.13 Å². The van der Waals surface area contributed by atoms with Crippen molar-refractivity contribution in [1.29, 1.82) is 0 Å². The Balaban J connectivity index is 1.19. The number of likely N-dealkylation sites (tertiary alicyclic amines) is 1. The first-order valence-corrected chi connectivity index (χ1v) is 11.7. The van der Waals surface area contributed by atoms with Gasteiger partial charge in [-0.25, -0.2) is 4.98 Å². The van der Waals surface area contributed by atoms with Crippen molar-refractivity contribution in [2.45, 2.75) is 51.4 Å². The van der Waals surface area contributed by atoms with E-state index in [-0.39, 0.29) is 42.5 Å². The van der Waals surface area contributed by atoms with E-state index in [1.807, 2.05) is 5.38 Å². The maximum Gasteiger partial charge on any atom is 0.233 e. The highest BCUT2D eigenvalue weighted by molar-refractivity contribution is 7.14. The second kappa shape index (κ2) is 7.95. The number of imide groups is 1. The van der Waals surface area contributed by atoms with Gasteiger partial charge in [0.15, 0.2) is 5.13 Å². The molecule has 0 spiro atoms. The van der Waals surface area contributed by atoms with Gasteiger partial charge < -0.3 is 5.32 Å². The number of hydrogen-bond acceptors (Lipinski definition) is 5. The molecule has 156 valence electrons. The molecule has 0 bridgehead atoms. The molecule has 1 aromatic heterocycles. The van der Waals surface area contributed by atoms with Gasteiger partial charge >= 0.3 is 0 Å². The van der Waals surface area contributed by atoms with Crippen molar-refractivity contribution < 1.29 is 14.4 Å². The number of benzene rings is 1. The zero-order chi connectivity index (χ0) is 20.7. The van der Waals surface area contributed by atoms with Gasteiger partial charge in [0.2, 0.25) is 17.7 Å². The minimum absolute atomic E-state index is 0.0920. The summed E-state index contributed by atoms with van der Waals surface area (Å²) in [7, 11) is 0. The lowest BCUT2D eigenvalue weighted by Crippen LogP contribution is -2.34. The van der Waals surface area contributed by atoms with Gasteiger partial charge in [-0.15, -0.1) is 11.3 Å². The number of fused-ring (bicyclic) bond motifs is 2. The zero-order valence-electron chi connectivity index (χ0n) is 16.9. The maximum atomic E-state index is 12.5. The van der Waals surface area contributed by atoms with Crippen LogP contribution in [0.1, 0.15) is 49.7 Å². The molecule has 1 aliphatic heterocycles. The smallest absolute Gasteiger partial charge is 0.233 e. The first-order valence-electron chi connectivity index (χ1n) is 10.8. The van der Waals surface area contributed by atoms with Crippen molar-refractivity contribution >= 4 is 34.2 Å². The van der Waals surface area contributed by atoms with Crippen LogP contribution in [0.15, 0.2) is 23.6 Å². The Kier molecular flexibility index (Phi) is 5.15. The lowest BCUT2D eigenvalue weighted by molar-refractivity contribution is -0.140. The first-order chi connectivity index (χ1) is 14.6. The Labute approximate surface area is 179 Å². The molecule has 2 aliphatic carbocycles. The molecule has 5 rings (SSSR count). The van der Waals surface area contributed by atoms with Crippen LogP contribution in [0.5, 0.6) is 0 Å². The number of rotatable bonds is 5. The molecule has 1 aromatic carbocycles. The predicted molar refractivity (Wildman–Crippen MR) is 115 cm³/mol. The summed E-state index contributed by atoms with van der Waals surface area (Å²) in [5.74, 6) is -0.733. The van der Waals surface area contributed by atoms with Gasteiger partial charge in [-0.3, -0.25) is 19.3 Å². The molecular weight excluding hydrogens is 398 g/mol. The van der Waals surface area contributed by atoms with Crippen molar-refractivity contribution in [3.63, 3.8) is 0 Å². The van der Waals surface area contributed by atoms with Crippen LogP contribution >= 0.6 is 11.3 Å². The number of nitrogens with one attached hydrogen (secondary N) is 1. The number of amides is 3. The van der Waals surface area contributed by atoms with Crippen LogP contribution in [0, 0.1) is 11.8 Å². The second-order valence-electron chi connectivity index (χ2n) is 8.50. The maximum absolute atomic E-state index is 12.5. The summed E-state index contributed by atoms with van der Waals surface area (Å²) in [6, 6.07) is 6.47. The molecule has 2 aromatic rings. The summed E-state index contributed by atoms with van der Waals surface area (Å²) >= 11 is 1.39. The molecule has 3 amide bonds. The van der Waals surface area contributed by atoms with Gasteiger partial charge in [0.1, 0.15) is 0 Å². The van der Waals surface area contributed by atoms with Crippen molar-refractivity contribution in [1.82, 2.24) is 9.88 Å². The molecule has 2 fully saturated rings. The molecule has 0 unspecified atom stereocenters. The number of carbonyl (C=O) groups excluding carboxylic acids is 3. The second-order valence-corrected chi connectivity index (χ2v) is 9.36. The van der Waals surface area contributed by atoms with Crippen LogP contribution in [0.25, 0.3) is 11.3 Å². The summed E-state index contributed by atoms with van der Waals surface area (Å²) in [6.45, 7) is 0.152. The molecule has 6 nitrogen and oxygen atoms in total. The third-order valence-corrected chi connectivity index (χ3v) is 7.40. The summed E-state index contributed by atoms with van der Waals surface area (Å²) < 4.78 is 0. The monoisotopic (exact) mass is 423 g/mol. The van der Waals surface area contributed by atoms with E-state index in [2.05, 4.69) is 28.5 Å². The third kappa shape index (κ3) is 3.55. The summed E-state index contributed by atoms with van der Waals surface area (Å²) in [5, 5.41) is 5.31. The number of anilines is 1. The van der Waals surface area contributed by atoms with Gasteiger partial charge in [-0.1, -0.05) is 25.0 Å². The van der Waals surface area contributed by atoms with Crippen molar-refractivity contribution in [3.8, 4) is 11.3 Å². The van der Waals surface area contributed by atoms with Gasteiger partial charge in [-0.05, 0) is 49.3 Å². The van der Waals surface area contributed by atoms with Crippen molar-refractivity contribution in [2.24, 2.45) is 11.8 Å². The molecule has 1 N–H and O–H groups in total. The average Bonchev–Trinajstić information content (AvgIpc) is 3.46. The molecule has 2 heterocycles. The van der Waals surface area contributed by atoms with Gasteiger partial charge in [0.25, 0.3) is 0 Å². The number of aryl methyl sites for hydroxylation is 2. The predicted octanol–water partition coefficient (Wildman–Crippen LogP) is 3.80. The SMILES string of the molecule is O=C(CCN1C(=O)[C@H]2CCCC[C@H]2C1=O)Nc1nc(-c2ccc3c(c2)CCC3)cs1. The fourth-order valence-corrected chi connectivity index (χ4v) is 5.78. The normalized spacial score (nSPS) is 22.9. The Morgan fingerprint density at radius 2 is 1.80 bits per heavy atom. The van der Waals surface area contributed by atoms with E-state index in [0.29, 0.717) is 5.13 Å². The highest BCUT2D eigenvalue weighted by Gasteiger charge is 2.47. The van der Waals surface area contributed by atoms with Crippen LogP contribution < -0.4 is 5.32 Å². The van der Waals surface area contributed by atoms with Crippen molar-refractivity contribution in [3.05, 3.63) is 34.7 Å². The first kappa shape index (κ1) is 19.4. The Hall–Kier alpha value is -2.54. The lowest BCUT2D eigenvalue weighted by Gasteiger charge is -2.19. The van der Waals surface area contributed by atoms with E-state index in [1.54, 1.807) is 0 Å². The molecule has 1 saturated heterocycles. The van der Waals surface area contributed by atoms with E-state index in [0.717, 1.165) is 49.8 Å². The number of nitrogens with zero attached hydrogens (tertiary/aromatic N) is 2. The van der Waals surface area contributed by atoms with Gasteiger partial charge in [0.05, 0.1) is 17.5 Å². The molecular formula is C23H25N3O3S. The van der Waals surface area contributed by atoms with E-state index >= 15 is 0 Å². The van der Waals surface area contributed by atoms with E-state index < -0.39 is 0 Å². The quantitative estimate of drug-likeness (QED) is 0.742. The largest absolute Gasteiger partial charge is 0.302 e. The van der Waals surface area contributed by atoms with Gasteiger partial charge in [0, 0.05) is 23.9 Å². The van der Waals surface area contributed by atoms with Crippen LogP contribution in [-0.2, 0) is 27.2 Å². The van der Waals surface area contributed by atoms with Crippen molar-refractivity contribution in [2.75, 3.05) is 11.9 Å². The van der Waals surface area contributed by atoms with E-state index in [1.165, 1.54) is 33.8 Å². The molecule has 3 aliphatic rings. The zero-order valence-corrected chi connectivity index (χ0v) is 17.7. The minimum Gasteiger partial charge on any atom is -0.302 e. The molecule has 7 heteroatoms. The summed E-state index contributed by atoms with van der Waals surface area (Å²) in [6.07, 6.45) is 7.18. The third-order valence-electron chi connectivity index (χ3n) is 6.64. The standard InChI is InChI=1S/C23H25N3O3S/c27-20(10-11-26-21(28)17-6-1-2-7-18(17)22(26)29)25-23-24-19(13-30-23)16-9-8-14-4-3-5-15(14)12-16/h8-9,12-13,17-18H,1-7,10-11H2,(H,24,25,27)/t17-,18+. The van der Waals surface area contributed by atoms with Crippen LogP contribution in [0.2, 0.25) is 0 Å². The highest BCUT2D eigenvalue weighted by Crippen LogP contribution is 2.38. The van der Waals surface area contributed by atoms with E-state index in [4.69, 9.17) is 0 Å².